The Labute approximate surface area is 334 Å². The summed E-state index contributed by atoms with van der Waals surface area (Å²) in [6.45, 7) is 0. The number of benzene rings is 10. The fraction of sp³-hybridized carbons (Fsp3) is 0. The first kappa shape index (κ1) is 32.4. The van der Waals surface area contributed by atoms with Crippen molar-refractivity contribution >= 4 is 110 Å². The lowest BCUT2D eigenvalue weighted by atomic mass is 9.95. The lowest BCUT2D eigenvalue weighted by Gasteiger charge is -2.27. The summed E-state index contributed by atoms with van der Waals surface area (Å²) in [5.41, 5.74) is 9.94. The molecule has 0 aliphatic heterocycles. The summed E-state index contributed by atoms with van der Waals surface area (Å²) >= 11 is 0. The Bertz CT molecular complexity index is 3530. The Hall–Kier alpha value is -7.82. The van der Waals surface area contributed by atoms with Crippen molar-refractivity contribution in [2.24, 2.45) is 0 Å². The van der Waals surface area contributed by atoms with Gasteiger partial charge in [0, 0.05) is 67.5 Å². The normalized spacial score (nSPS) is 11.8. The Kier molecular flexibility index (Phi) is 7.20. The van der Waals surface area contributed by atoms with E-state index in [0.29, 0.717) is 0 Å². The van der Waals surface area contributed by atoms with Crippen molar-refractivity contribution in [2.75, 3.05) is 9.80 Å². The standard InChI is InChI=1S/C54H34N2O2/c1-3-12-36(13-4-1)55(39-25-28-47-45-16-7-9-20-51(45)57-53(47)33-39)38-24-22-35-23-27-42-41-18-11-19-50(44(41)31-30-43(42)49(35)32-38)56(37-14-5-2-6-15-37)40-26-29-48-46-17-8-10-21-52(46)58-54(48)34-40/h1-34H. The number of fused-ring (bicyclic) bond motifs is 11. The molecule has 12 aromatic rings. The van der Waals surface area contributed by atoms with Gasteiger partial charge in [-0.1, -0.05) is 115 Å². The van der Waals surface area contributed by atoms with E-state index in [0.717, 1.165) is 78.0 Å². The molecular weight excluding hydrogens is 709 g/mol. The number of hydrogen-bond acceptors (Lipinski definition) is 4. The fourth-order valence-electron chi connectivity index (χ4n) is 8.94. The van der Waals surface area contributed by atoms with Gasteiger partial charge in [-0.2, -0.15) is 0 Å². The number of rotatable bonds is 6. The van der Waals surface area contributed by atoms with Crippen molar-refractivity contribution in [2.45, 2.75) is 0 Å². The van der Waals surface area contributed by atoms with Gasteiger partial charge in [-0.05, 0) is 106 Å². The fourth-order valence-corrected chi connectivity index (χ4v) is 8.94. The van der Waals surface area contributed by atoms with Gasteiger partial charge in [0.1, 0.15) is 22.3 Å². The van der Waals surface area contributed by atoms with Crippen molar-refractivity contribution < 1.29 is 8.83 Å². The van der Waals surface area contributed by atoms with Crippen LogP contribution >= 0.6 is 0 Å². The lowest BCUT2D eigenvalue weighted by molar-refractivity contribution is 0.668. The summed E-state index contributed by atoms with van der Waals surface area (Å²) in [4.78, 5) is 4.66. The molecule has 0 amide bonds. The van der Waals surface area contributed by atoms with Crippen LogP contribution in [-0.4, -0.2) is 0 Å². The predicted molar refractivity (Wildman–Crippen MR) is 243 cm³/mol. The molecule has 2 heterocycles. The molecule has 0 saturated heterocycles. The highest BCUT2D eigenvalue weighted by molar-refractivity contribution is 6.20. The predicted octanol–water partition coefficient (Wildman–Crippen LogP) is 15.9. The topological polar surface area (TPSA) is 32.8 Å². The second-order valence-electron chi connectivity index (χ2n) is 14.9. The van der Waals surface area contributed by atoms with Crippen molar-refractivity contribution in [1.29, 1.82) is 0 Å². The Morgan fingerprint density at radius 2 is 0.672 bits per heavy atom. The third kappa shape index (κ3) is 5.09. The molecule has 0 aliphatic rings. The van der Waals surface area contributed by atoms with Crippen molar-refractivity contribution in [3.63, 3.8) is 0 Å². The minimum Gasteiger partial charge on any atom is -0.456 e. The minimum absolute atomic E-state index is 0.870. The van der Waals surface area contributed by atoms with E-state index in [9.17, 15) is 0 Å². The zero-order valence-corrected chi connectivity index (χ0v) is 31.3. The van der Waals surface area contributed by atoms with Gasteiger partial charge in [0.25, 0.3) is 0 Å². The molecular formula is C54H34N2O2. The molecule has 0 spiro atoms. The number of hydrogen-bond donors (Lipinski definition) is 0. The van der Waals surface area contributed by atoms with Gasteiger partial charge in [0.2, 0.25) is 0 Å². The van der Waals surface area contributed by atoms with Crippen LogP contribution in [0.25, 0.3) is 76.2 Å². The van der Waals surface area contributed by atoms with Crippen LogP contribution in [0, 0.1) is 0 Å². The Morgan fingerprint density at radius 1 is 0.241 bits per heavy atom. The Morgan fingerprint density at radius 3 is 1.34 bits per heavy atom. The number of furan rings is 2. The van der Waals surface area contributed by atoms with E-state index in [-0.39, 0.29) is 0 Å². The lowest BCUT2D eigenvalue weighted by Crippen LogP contribution is -2.10. The average Bonchev–Trinajstić information content (AvgIpc) is 3.85. The largest absolute Gasteiger partial charge is 0.456 e. The number of para-hydroxylation sites is 4. The van der Waals surface area contributed by atoms with E-state index in [4.69, 9.17) is 8.83 Å². The van der Waals surface area contributed by atoms with Crippen LogP contribution in [0.4, 0.5) is 34.1 Å². The molecule has 0 fully saturated rings. The van der Waals surface area contributed by atoms with Crippen molar-refractivity contribution in [1.82, 2.24) is 0 Å². The molecule has 0 aliphatic carbocycles. The Balaban J connectivity index is 1.03. The molecule has 0 atom stereocenters. The molecule has 0 unspecified atom stereocenters. The van der Waals surface area contributed by atoms with Gasteiger partial charge in [-0.3, -0.25) is 0 Å². The zero-order chi connectivity index (χ0) is 38.2. The van der Waals surface area contributed by atoms with E-state index >= 15 is 0 Å². The van der Waals surface area contributed by atoms with Gasteiger partial charge < -0.3 is 18.6 Å². The average molecular weight is 743 g/mol. The molecule has 0 radical (unpaired) electrons. The molecule has 2 aromatic heterocycles. The van der Waals surface area contributed by atoms with Crippen LogP contribution < -0.4 is 9.80 Å². The monoisotopic (exact) mass is 742 g/mol. The summed E-state index contributed by atoms with van der Waals surface area (Å²) in [5.74, 6) is 0. The third-order valence-corrected chi connectivity index (χ3v) is 11.6. The van der Waals surface area contributed by atoms with Crippen molar-refractivity contribution in [3.8, 4) is 0 Å². The molecule has 0 N–H and O–H groups in total. The van der Waals surface area contributed by atoms with E-state index in [1.807, 2.05) is 24.3 Å². The molecule has 0 saturated carbocycles. The zero-order valence-electron chi connectivity index (χ0n) is 31.3. The molecule has 272 valence electrons. The maximum atomic E-state index is 6.38. The quantitative estimate of drug-likeness (QED) is 0.159. The van der Waals surface area contributed by atoms with Gasteiger partial charge in [0.05, 0.1) is 5.69 Å². The second-order valence-corrected chi connectivity index (χ2v) is 14.9. The van der Waals surface area contributed by atoms with Crippen LogP contribution in [0.5, 0.6) is 0 Å². The highest BCUT2D eigenvalue weighted by Crippen LogP contribution is 2.45. The van der Waals surface area contributed by atoms with Gasteiger partial charge in [0.15, 0.2) is 0 Å². The molecule has 58 heavy (non-hydrogen) atoms. The molecule has 4 heteroatoms. The summed E-state index contributed by atoms with van der Waals surface area (Å²) in [6, 6.07) is 73.3. The smallest absolute Gasteiger partial charge is 0.137 e. The summed E-state index contributed by atoms with van der Waals surface area (Å²) < 4.78 is 12.7. The molecule has 12 rings (SSSR count). The van der Waals surface area contributed by atoms with Gasteiger partial charge >= 0.3 is 0 Å². The first-order valence-electron chi connectivity index (χ1n) is 19.7. The second kappa shape index (κ2) is 12.9. The molecule has 0 bridgehead atoms. The first-order valence-corrected chi connectivity index (χ1v) is 19.7. The molecule has 4 nitrogen and oxygen atoms in total. The van der Waals surface area contributed by atoms with Crippen LogP contribution in [0.1, 0.15) is 0 Å². The van der Waals surface area contributed by atoms with Crippen LogP contribution in [0.2, 0.25) is 0 Å². The molecule has 10 aromatic carbocycles. The van der Waals surface area contributed by atoms with Crippen LogP contribution in [0.15, 0.2) is 215 Å². The SMILES string of the molecule is c1ccc(N(c2ccc3c(c2)oc2ccccc23)c2ccc3ccc4c5cccc(N(c6ccccc6)c6ccc7c(c6)oc6ccccc67)c5ccc4c3c2)cc1. The summed E-state index contributed by atoms with van der Waals surface area (Å²) in [5, 5.41) is 11.7. The van der Waals surface area contributed by atoms with E-state index in [2.05, 4.69) is 192 Å². The van der Waals surface area contributed by atoms with E-state index in [1.54, 1.807) is 0 Å². The third-order valence-electron chi connectivity index (χ3n) is 11.6. The van der Waals surface area contributed by atoms with Crippen LogP contribution in [-0.2, 0) is 0 Å². The van der Waals surface area contributed by atoms with Gasteiger partial charge in [-0.25, -0.2) is 0 Å². The first-order chi connectivity index (χ1) is 28.7. The maximum Gasteiger partial charge on any atom is 0.137 e. The number of anilines is 6. The highest BCUT2D eigenvalue weighted by Gasteiger charge is 2.20. The van der Waals surface area contributed by atoms with E-state index < -0.39 is 0 Å². The van der Waals surface area contributed by atoms with Crippen molar-refractivity contribution in [3.05, 3.63) is 206 Å². The van der Waals surface area contributed by atoms with Crippen LogP contribution in [0.3, 0.4) is 0 Å². The summed E-state index contributed by atoms with van der Waals surface area (Å²) in [7, 11) is 0. The van der Waals surface area contributed by atoms with Gasteiger partial charge in [-0.15, -0.1) is 0 Å². The number of nitrogens with zero attached hydrogens (tertiary/aromatic N) is 2. The maximum absolute atomic E-state index is 6.38. The highest BCUT2D eigenvalue weighted by atomic mass is 16.3. The summed E-state index contributed by atoms with van der Waals surface area (Å²) in [6.07, 6.45) is 0. The minimum atomic E-state index is 0.870. The van der Waals surface area contributed by atoms with E-state index in [1.165, 1.54) is 32.3 Å².